The Morgan fingerprint density at radius 3 is 1.86 bits per heavy atom. The van der Waals surface area contributed by atoms with E-state index < -0.39 is 21.5 Å². The molecular weight excluding hydrogens is 919 g/mol. The van der Waals surface area contributed by atoms with E-state index in [-0.39, 0.29) is 58.7 Å². The smallest absolute Gasteiger partial charge is 0.311 e. The lowest BCUT2D eigenvalue weighted by atomic mass is 9.59. The molecule has 0 bridgehead atoms. The van der Waals surface area contributed by atoms with Crippen LogP contribution < -0.4 is 4.31 Å². The molecule has 1 aromatic heterocycles. The fraction of sp³-hybridized carbons (Fsp3) is 0.672. The Bertz CT molecular complexity index is 2420. The summed E-state index contributed by atoms with van der Waals surface area (Å²) in [5.74, 6) is 3.55. The quantitative estimate of drug-likeness (QED) is 0.218. The van der Waals surface area contributed by atoms with Crippen molar-refractivity contribution in [1.82, 2.24) is 9.97 Å². The van der Waals surface area contributed by atoms with Gasteiger partial charge in [0.15, 0.2) is 0 Å². The Morgan fingerprint density at radius 2 is 1.36 bits per heavy atom. The van der Waals surface area contributed by atoms with Crippen molar-refractivity contribution in [3.8, 4) is 11.3 Å². The van der Waals surface area contributed by atoms with Gasteiger partial charge in [-0.2, -0.15) is 0 Å². The third-order valence-electron chi connectivity index (χ3n) is 15.7. The minimum absolute atomic E-state index is 0.0168. The van der Waals surface area contributed by atoms with Crippen molar-refractivity contribution in [2.45, 2.75) is 187 Å². The second kappa shape index (κ2) is 24.1. The maximum Gasteiger partial charge on any atom is 0.311 e. The molecule has 0 saturated heterocycles. The number of aryl methyl sites for hydroxylation is 1. The average Bonchev–Trinajstić information content (AvgIpc) is 3.27. The van der Waals surface area contributed by atoms with Crippen LogP contribution in [0.25, 0.3) is 11.3 Å². The van der Waals surface area contributed by atoms with E-state index >= 15 is 0 Å². The van der Waals surface area contributed by atoms with Crippen LogP contribution in [0.15, 0.2) is 71.9 Å². The number of hydrogen-bond acceptors (Lipinski definition) is 9. The van der Waals surface area contributed by atoms with E-state index in [9.17, 15) is 23.1 Å². The number of rotatable bonds is 11. The second-order valence-corrected chi connectivity index (χ2v) is 27.2. The van der Waals surface area contributed by atoms with Gasteiger partial charge in [-0.05, 0) is 103 Å². The van der Waals surface area contributed by atoms with Gasteiger partial charge in [-0.1, -0.05) is 177 Å². The third kappa shape index (κ3) is 14.8. The number of hydrogen-bond donors (Lipinski definition) is 1. The Kier molecular flexibility index (Phi) is 20.2. The molecule has 11 heteroatoms. The number of aliphatic hydroxyl groups excluding tert-OH is 1. The highest BCUT2D eigenvalue weighted by Gasteiger charge is 2.47. The van der Waals surface area contributed by atoms with Gasteiger partial charge >= 0.3 is 11.9 Å². The van der Waals surface area contributed by atoms with Crippen LogP contribution in [0.3, 0.4) is 0 Å². The summed E-state index contributed by atoms with van der Waals surface area (Å²) in [7, 11) is -1.95. The van der Waals surface area contributed by atoms with Crippen LogP contribution in [0, 0.1) is 71.0 Å². The van der Waals surface area contributed by atoms with Gasteiger partial charge in [0.1, 0.15) is 12.2 Å². The topological polar surface area (TPSA) is 136 Å². The highest BCUT2D eigenvalue weighted by Crippen LogP contribution is 2.50. The summed E-state index contributed by atoms with van der Waals surface area (Å²) in [6.07, 6.45) is 16.7. The van der Waals surface area contributed by atoms with Gasteiger partial charge in [0.25, 0.3) is 0 Å². The number of fused-ring (bicyclic) bond motifs is 2. The molecule has 4 aliphatic rings. The number of benzene rings is 1. The standard InChI is InChI=1S/C21H34O2.C20H29N3O2S.C20H32O3/c1-8-21(6,7)20(22)23-17-12-14(4)11-16-10-9-15(5)18(13(2)3)19(16)17;1-13(2)17-16(20(4,5)6)18(15-11-9-14(3)10-12-15)22-19(21-17)23(7)26(8,24)25;1-7-12(2)19(22)23-16-11-15(21)10-14-9-8-13(3)18(17(14)16)20(4,5)6/h9-11,13-15,17-19H,8,12H2,1-7H3;9-13H,1-8H3;8-10,12-13,15-18,21H,7,11H2,1-6H3/t14-,15-,17-,18-,19+;;12-,13-,15+,16-,17+,18?/m0.0/s1. The predicted octanol–water partition coefficient (Wildman–Crippen LogP) is 13.8. The summed E-state index contributed by atoms with van der Waals surface area (Å²) in [6.45, 7) is 40.6. The Labute approximate surface area is 437 Å². The molecule has 4 aliphatic carbocycles. The number of esters is 2. The van der Waals surface area contributed by atoms with Crippen LogP contribution in [0.1, 0.15) is 173 Å². The zero-order valence-corrected chi connectivity index (χ0v) is 49.1. The molecular formula is C61H95N3O7S. The van der Waals surface area contributed by atoms with Crippen molar-refractivity contribution < 1.29 is 32.6 Å². The first-order valence-corrected chi connectivity index (χ1v) is 28.8. The molecule has 0 fully saturated rings. The number of ether oxygens (including phenoxy) is 2. The van der Waals surface area contributed by atoms with E-state index in [1.54, 1.807) is 0 Å². The zero-order chi connectivity index (χ0) is 54.6. The Hall–Kier alpha value is -4.09. The van der Waals surface area contributed by atoms with Gasteiger partial charge < -0.3 is 14.6 Å². The largest absolute Gasteiger partial charge is 0.461 e. The van der Waals surface area contributed by atoms with E-state index in [1.807, 2.05) is 65.0 Å². The van der Waals surface area contributed by atoms with E-state index in [4.69, 9.17) is 9.47 Å². The van der Waals surface area contributed by atoms with Crippen LogP contribution >= 0.6 is 0 Å². The van der Waals surface area contributed by atoms with Crippen LogP contribution in [-0.2, 0) is 34.5 Å². The molecule has 0 saturated carbocycles. The van der Waals surface area contributed by atoms with Gasteiger partial charge in [-0.25, -0.2) is 22.7 Å². The highest BCUT2D eigenvalue weighted by atomic mass is 32.2. The molecule has 1 N–H and O–H groups in total. The molecule has 1 aromatic carbocycles. The van der Waals surface area contributed by atoms with Gasteiger partial charge in [-0.3, -0.25) is 9.59 Å². The lowest BCUT2D eigenvalue weighted by Crippen LogP contribution is -2.46. The maximum atomic E-state index is 12.6. The number of carbonyl (C=O) groups excluding carboxylic acids is 2. The van der Waals surface area contributed by atoms with E-state index in [1.165, 1.54) is 12.6 Å². The lowest BCUT2D eigenvalue weighted by molar-refractivity contribution is -0.165. The monoisotopic (exact) mass is 1010 g/mol. The fourth-order valence-electron chi connectivity index (χ4n) is 11.2. The van der Waals surface area contributed by atoms with Crippen molar-refractivity contribution >= 4 is 27.9 Å². The summed E-state index contributed by atoms with van der Waals surface area (Å²) in [6, 6.07) is 8.14. The van der Waals surface area contributed by atoms with E-state index in [2.05, 4.69) is 137 Å². The fourth-order valence-corrected chi connectivity index (χ4v) is 11.6. The normalized spacial score (nSPS) is 26.7. The van der Waals surface area contributed by atoms with Crippen molar-refractivity contribution in [3.63, 3.8) is 0 Å². The minimum atomic E-state index is -3.44. The number of anilines is 1. The summed E-state index contributed by atoms with van der Waals surface area (Å²) < 4.78 is 37.2. The number of aliphatic hydroxyl groups is 1. The SMILES string of the molecule is CCC(C)(C)C(=O)O[C@H]1C[C@@H](C)C=C2C=C[C@H](C)[C@H](C(C)C)[C@H]21.CC[C@H](C)C(=O)O[C@H]1C[C@H](O)C=C2C=C[C@H](C)C(C(C)(C)C)[C@H]21.Cc1ccc(-c2nc(N(C)S(C)(=O)=O)nc(C(C)C)c2C(C)(C)C)cc1. The van der Waals surface area contributed by atoms with Gasteiger partial charge in [0.05, 0.1) is 35.1 Å². The summed E-state index contributed by atoms with van der Waals surface area (Å²) >= 11 is 0. The number of nitrogens with zero attached hydrogens (tertiary/aromatic N) is 3. The Morgan fingerprint density at radius 1 is 0.806 bits per heavy atom. The average molecular weight is 1010 g/mol. The molecule has 0 aliphatic heterocycles. The minimum Gasteiger partial charge on any atom is -0.461 e. The first-order chi connectivity index (χ1) is 33.1. The predicted molar refractivity (Wildman–Crippen MR) is 297 cm³/mol. The van der Waals surface area contributed by atoms with Crippen LogP contribution in [0.5, 0.6) is 0 Å². The number of allylic oxidation sites excluding steroid dienone is 5. The molecule has 0 radical (unpaired) electrons. The van der Waals surface area contributed by atoms with Gasteiger partial charge in [0, 0.05) is 36.4 Å². The molecule has 11 atom stereocenters. The first kappa shape index (κ1) is 60.5. The Balaban J connectivity index is 0.000000235. The van der Waals surface area contributed by atoms with Crippen LogP contribution in [0.2, 0.25) is 0 Å². The molecule has 1 unspecified atom stereocenters. The highest BCUT2D eigenvalue weighted by molar-refractivity contribution is 7.92. The molecule has 402 valence electrons. The molecule has 72 heavy (non-hydrogen) atoms. The number of carbonyl (C=O) groups is 2. The second-order valence-electron chi connectivity index (χ2n) is 25.2. The lowest BCUT2D eigenvalue weighted by Gasteiger charge is -2.48. The molecule has 0 spiro atoms. The summed E-state index contributed by atoms with van der Waals surface area (Å²) in [5, 5.41) is 10.2. The first-order valence-electron chi connectivity index (χ1n) is 27.0. The van der Waals surface area contributed by atoms with Crippen molar-refractivity contribution in [3.05, 3.63) is 88.7 Å². The van der Waals surface area contributed by atoms with Crippen LogP contribution in [0.4, 0.5) is 5.95 Å². The molecule has 1 heterocycles. The summed E-state index contributed by atoms with van der Waals surface area (Å²) in [5.41, 5.74) is 6.91. The van der Waals surface area contributed by atoms with Crippen molar-refractivity contribution in [2.75, 3.05) is 17.6 Å². The van der Waals surface area contributed by atoms with E-state index in [0.29, 0.717) is 47.8 Å². The van der Waals surface area contributed by atoms with Crippen LogP contribution in [-0.4, -0.2) is 67.0 Å². The number of sulfonamides is 1. The molecule has 6 rings (SSSR count). The van der Waals surface area contributed by atoms with Crippen molar-refractivity contribution in [1.29, 1.82) is 0 Å². The van der Waals surface area contributed by atoms with E-state index in [0.717, 1.165) is 63.5 Å². The molecule has 2 aromatic rings. The molecule has 0 amide bonds. The molecule has 10 nitrogen and oxygen atoms in total. The van der Waals surface area contributed by atoms with Crippen molar-refractivity contribution in [2.24, 2.45) is 64.1 Å². The third-order valence-corrected chi connectivity index (χ3v) is 16.9. The van der Waals surface area contributed by atoms with Gasteiger partial charge in [0.2, 0.25) is 16.0 Å². The van der Waals surface area contributed by atoms with Gasteiger partial charge in [-0.15, -0.1) is 0 Å². The zero-order valence-electron chi connectivity index (χ0n) is 48.3. The number of aromatic nitrogens is 2. The summed E-state index contributed by atoms with van der Waals surface area (Å²) in [4.78, 5) is 34.3. The maximum absolute atomic E-state index is 12.6.